The lowest BCUT2D eigenvalue weighted by atomic mass is 9.97. The molecule has 1 fully saturated rings. The Balaban J connectivity index is 0.000000853. The highest BCUT2D eigenvalue weighted by Gasteiger charge is 2.24. The van der Waals surface area contributed by atoms with Gasteiger partial charge in [-0.05, 0) is 24.6 Å². The molecule has 3 rings (SSSR count). The Hall–Kier alpha value is -0.640. The van der Waals surface area contributed by atoms with Gasteiger partial charge >= 0.3 is 0 Å². The van der Waals surface area contributed by atoms with Crippen molar-refractivity contribution in [3.8, 4) is 11.5 Å². The van der Waals surface area contributed by atoms with Crippen molar-refractivity contribution < 1.29 is 9.47 Å². The molecule has 1 aromatic rings. The minimum Gasteiger partial charge on any atom is -0.454 e. The first-order valence-electron chi connectivity index (χ1n) is 4.67. The maximum Gasteiger partial charge on any atom is 0.231 e. The summed E-state index contributed by atoms with van der Waals surface area (Å²) in [6, 6.07) is 4.19. The molecule has 2 aliphatic heterocycles. The molecule has 0 unspecified atom stereocenters. The van der Waals surface area contributed by atoms with E-state index in [1.807, 2.05) is 12.1 Å². The van der Waals surface area contributed by atoms with Gasteiger partial charge in [0.05, 0.1) is 0 Å². The van der Waals surface area contributed by atoms with Crippen molar-refractivity contribution >= 4 is 24.0 Å². The van der Waals surface area contributed by atoms with Gasteiger partial charge in [0.15, 0.2) is 11.5 Å². The van der Waals surface area contributed by atoms with Crippen LogP contribution in [0.4, 0.5) is 0 Å². The normalized spacial score (nSPS) is 21.8. The third kappa shape index (κ3) is 1.75. The van der Waals surface area contributed by atoms with E-state index in [1.165, 1.54) is 0 Å². The number of ether oxygens (including phenoxy) is 2. The summed E-state index contributed by atoms with van der Waals surface area (Å²) in [5.41, 5.74) is 1.11. The van der Waals surface area contributed by atoms with Crippen molar-refractivity contribution in [2.45, 2.75) is 12.5 Å². The molecule has 0 saturated carbocycles. The molecule has 1 saturated heterocycles. The van der Waals surface area contributed by atoms with Gasteiger partial charge in [0.25, 0.3) is 0 Å². The Morgan fingerprint density at radius 1 is 1.27 bits per heavy atom. The van der Waals surface area contributed by atoms with Crippen LogP contribution in [-0.2, 0) is 0 Å². The summed E-state index contributed by atoms with van der Waals surface area (Å²) >= 11 is 6.14. The Bertz CT molecular complexity index is 380. The Kier molecular flexibility index (Phi) is 2.96. The van der Waals surface area contributed by atoms with Crippen LogP contribution in [0.5, 0.6) is 11.5 Å². The van der Waals surface area contributed by atoms with Crippen LogP contribution in [0.3, 0.4) is 0 Å². The van der Waals surface area contributed by atoms with Crippen molar-refractivity contribution in [1.82, 2.24) is 5.32 Å². The van der Waals surface area contributed by atoms with Gasteiger partial charge in [-0.3, -0.25) is 0 Å². The fourth-order valence-corrected chi connectivity index (χ4v) is 2.04. The molecule has 0 aliphatic carbocycles. The average molecular weight is 248 g/mol. The van der Waals surface area contributed by atoms with Gasteiger partial charge in [0.2, 0.25) is 6.79 Å². The van der Waals surface area contributed by atoms with E-state index in [0.29, 0.717) is 12.8 Å². The zero-order chi connectivity index (χ0) is 9.54. The van der Waals surface area contributed by atoms with E-state index in [0.717, 1.165) is 35.1 Å². The standard InChI is InChI=1S/C10H10ClNO2.ClH/c11-7-4-10-9(13-5-14-10)3-6(7)8-1-2-12-8;/h3-4,8,12H,1-2,5H2;1H/t8-;/m1./s1. The van der Waals surface area contributed by atoms with Crippen molar-refractivity contribution in [2.75, 3.05) is 13.3 Å². The first kappa shape index (κ1) is 10.9. The van der Waals surface area contributed by atoms with Crippen LogP contribution in [0.2, 0.25) is 5.02 Å². The lowest BCUT2D eigenvalue weighted by molar-refractivity contribution is 0.174. The summed E-state index contributed by atoms with van der Waals surface area (Å²) < 4.78 is 10.5. The largest absolute Gasteiger partial charge is 0.454 e. The summed E-state index contributed by atoms with van der Waals surface area (Å²) in [5, 5.41) is 4.07. The summed E-state index contributed by atoms with van der Waals surface area (Å²) in [4.78, 5) is 0. The van der Waals surface area contributed by atoms with Crippen molar-refractivity contribution in [2.24, 2.45) is 0 Å². The van der Waals surface area contributed by atoms with Gasteiger partial charge in [-0.1, -0.05) is 11.6 Å². The van der Waals surface area contributed by atoms with Gasteiger partial charge in [0, 0.05) is 17.1 Å². The number of nitrogens with one attached hydrogen (secondary N) is 1. The second-order valence-corrected chi connectivity index (χ2v) is 3.93. The van der Waals surface area contributed by atoms with Gasteiger partial charge in [-0.15, -0.1) is 12.4 Å². The number of rotatable bonds is 1. The summed E-state index contributed by atoms with van der Waals surface area (Å²) in [5.74, 6) is 1.55. The van der Waals surface area contributed by atoms with Crippen molar-refractivity contribution in [3.63, 3.8) is 0 Å². The highest BCUT2D eigenvalue weighted by atomic mass is 35.5. The van der Waals surface area contributed by atoms with E-state index < -0.39 is 0 Å². The lowest BCUT2D eigenvalue weighted by Crippen LogP contribution is -2.35. The van der Waals surface area contributed by atoms with E-state index >= 15 is 0 Å². The summed E-state index contributed by atoms with van der Waals surface area (Å²) in [7, 11) is 0. The third-order valence-corrected chi connectivity index (χ3v) is 3.02. The number of fused-ring (bicyclic) bond motifs is 1. The second kappa shape index (κ2) is 4.08. The predicted octanol–water partition coefficient (Wildman–Crippen LogP) is 2.52. The topological polar surface area (TPSA) is 30.5 Å². The fourth-order valence-electron chi connectivity index (χ4n) is 1.75. The quantitative estimate of drug-likeness (QED) is 0.828. The molecular weight excluding hydrogens is 237 g/mol. The lowest BCUT2D eigenvalue weighted by Gasteiger charge is -2.28. The Morgan fingerprint density at radius 3 is 2.53 bits per heavy atom. The number of hydrogen-bond acceptors (Lipinski definition) is 3. The molecular formula is C10H11Cl2NO2. The molecule has 2 heterocycles. The zero-order valence-electron chi connectivity index (χ0n) is 7.96. The summed E-state index contributed by atoms with van der Waals surface area (Å²) in [6.07, 6.45) is 1.14. The van der Waals surface area contributed by atoms with E-state index in [2.05, 4.69) is 5.32 Å². The van der Waals surface area contributed by atoms with E-state index in [-0.39, 0.29) is 12.4 Å². The van der Waals surface area contributed by atoms with E-state index in [1.54, 1.807) is 0 Å². The van der Waals surface area contributed by atoms with Crippen LogP contribution in [0.15, 0.2) is 12.1 Å². The van der Waals surface area contributed by atoms with E-state index in [9.17, 15) is 0 Å². The Morgan fingerprint density at radius 2 is 1.93 bits per heavy atom. The maximum absolute atomic E-state index is 6.14. The fraction of sp³-hybridized carbons (Fsp3) is 0.400. The number of hydrogen-bond donors (Lipinski definition) is 1. The first-order chi connectivity index (χ1) is 6.84. The zero-order valence-corrected chi connectivity index (χ0v) is 9.53. The monoisotopic (exact) mass is 247 g/mol. The second-order valence-electron chi connectivity index (χ2n) is 3.52. The molecule has 2 aliphatic rings. The molecule has 5 heteroatoms. The summed E-state index contributed by atoms with van der Waals surface area (Å²) in [6.45, 7) is 1.36. The first-order valence-corrected chi connectivity index (χ1v) is 5.05. The van der Waals surface area contributed by atoms with Crippen LogP contribution in [0.1, 0.15) is 18.0 Å². The van der Waals surface area contributed by atoms with Crippen LogP contribution < -0.4 is 14.8 Å². The molecule has 0 radical (unpaired) electrons. The number of benzene rings is 1. The smallest absolute Gasteiger partial charge is 0.231 e. The van der Waals surface area contributed by atoms with E-state index in [4.69, 9.17) is 21.1 Å². The molecule has 0 bridgehead atoms. The highest BCUT2D eigenvalue weighted by molar-refractivity contribution is 6.31. The van der Waals surface area contributed by atoms with Crippen LogP contribution in [0.25, 0.3) is 0 Å². The van der Waals surface area contributed by atoms with Crippen molar-refractivity contribution in [3.05, 3.63) is 22.7 Å². The van der Waals surface area contributed by atoms with Crippen LogP contribution in [-0.4, -0.2) is 13.3 Å². The molecule has 0 amide bonds. The predicted molar refractivity (Wildman–Crippen MR) is 60.2 cm³/mol. The minimum atomic E-state index is 0. The Labute approximate surface area is 99.1 Å². The molecule has 1 atom stereocenters. The van der Waals surface area contributed by atoms with Gasteiger partial charge in [-0.2, -0.15) is 0 Å². The highest BCUT2D eigenvalue weighted by Crippen LogP contribution is 2.40. The van der Waals surface area contributed by atoms with Gasteiger partial charge < -0.3 is 14.8 Å². The maximum atomic E-state index is 6.14. The van der Waals surface area contributed by atoms with Crippen LogP contribution in [0, 0.1) is 0 Å². The molecule has 82 valence electrons. The van der Waals surface area contributed by atoms with Gasteiger partial charge in [-0.25, -0.2) is 0 Å². The van der Waals surface area contributed by atoms with Crippen LogP contribution >= 0.6 is 24.0 Å². The molecule has 0 spiro atoms. The molecule has 0 aromatic heterocycles. The van der Waals surface area contributed by atoms with Gasteiger partial charge in [0.1, 0.15) is 0 Å². The average Bonchev–Trinajstić information content (AvgIpc) is 2.48. The molecule has 1 aromatic carbocycles. The molecule has 1 N–H and O–H groups in total. The third-order valence-electron chi connectivity index (χ3n) is 2.69. The van der Waals surface area contributed by atoms with Crippen molar-refractivity contribution in [1.29, 1.82) is 0 Å². The molecule has 15 heavy (non-hydrogen) atoms. The molecule has 3 nitrogen and oxygen atoms in total. The minimum absolute atomic E-state index is 0. The SMILES string of the molecule is Cl.Clc1cc2c(cc1[C@H]1CCN1)OCO2. The number of halogens is 2.